The van der Waals surface area contributed by atoms with Crippen LogP contribution in [0, 0.1) is 12.8 Å². The van der Waals surface area contributed by atoms with Crippen LogP contribution in [0.25, 0.3) is 10.6 Å². The Kier molecular flexibility index (Phi) is 5.97. The summed E-state index contributed by atoms with van der Waals surface area (Å²) >= 11 is 2.51. The van der Waals surface area contributed by atoms with E-state index in [-0.39, 0.29) is 23.3 Å². The van der Waals surface area contributed by atoms with Crippen molar-refractivity contribution in [2.75, 3.05) is 19.7 Å². The zero-order valence-corrected chi connectivity index (χ0v) is 17.5. The minimum Gasteiger partial charge on any atom is -0.466 e. The molecule has 0 aliphatic carbocycles. The number of aryl methyl sites for hydroxylation is 1. The van der Waals surface area contributed by atoms with Crippen molar-refractivity contribution in [3.63, 3.8) is 0 Å². The van der Waals surface area contributed by atoms with Gasteiger partial charge in [-0.3, -0.25) is 9.59 Å². The van der Waals surface area contributed by atoms with Gasteiger partial charge in [-0.1, -0.05) is 0 Å². The lowest BCUT2D eigenvalue weighted by Gasteiger charge is -2.30. The van der Waals surface area contributed by atoms with Crippen LogP contribution in [0.3, 0.4) is 0 Å². The van der Waals surface area contributed by atoms with E-state index in [2.05, 4.69) is 4.98 Å². The monoisotopic (exact) mass is 428 g/mol. The molecule has 0 aromatic carbocycles. The quantitative estimate of drug-likeness (QED) is 0.693. The fourth-order valence-electron chi connectivity index (χ4n) is 2.93. The molecule has 2 aromatic heterocycles. The minimum atomic E-state index is -4.15. The van der Waals surface area contributed by atoms with E-state index >= 15 is 0 Å². The summed E-state index contributed by atoms with van der Waals surface area (Å²) in [6.45, 7) is 4.24. The summed E-state index contributed by atoms with van der Waals surface area (Å²) in [6, 6.07) is 3.10. The predicted octanol–water partition coefficient (Wildman–Crippen LogP) is 3.35. The first-order valence-corrected chi connectivity index (χ1v) is 11.7. The van der Waals surface area contributed by atoms with Gasteiger partial charge in [0.1, 0.15) is 4.21 Å². The number of hydrogen-bond donors (Lipinski definition) is 0. The molecule has 27 heavy (non-hydrogen) atoms. The third kappa shape index (κ3) is 4.22. The number of amides is 1. The van der Waals surface area contributed by atoms with Gasteiger partial charge in [0, 0.05) is 18.5 Å². The molecule has 10 heteroatoms. The molecule has 0 unspecified atom stereocenters. The smallest absolute Gasteiger partial charge is 0.344 e. The number of hydrogen-bond acceptors (Lipinski definition) is 8. The summed E-state index contributed by atoms with van der Waals surface area (Å²) < 4.78 is 30.5. The highest BCUT2D eigenvalue weighted by Gasteiger charge is 2.36. The third-order valence-electron chi connectivity index (χ3n) is 4.25. The van der Waals surface area contributed by atoms with Gasteiger partial charge in [-0.15, -0.1) is 22.7 Å². The van der Waals surface area contributed by atoms with Crippen molar-refractivity contribution in [1.82, 2.24) is 9.88 Å². The van der Waals surface area contributed by atoms with Gasteiger partial charge in [-0.05, 0) is 38.8 Å². The second-order valence-corrected chi connectivity index (χ2v) is 10.4. The van der Waals surface area contributed by atoms with Crippen LogP contribution in [0.1, 0.15) is 24.8 Å². The molecule has 1 aliphatic rings. The molecule has 1 saturated heterocycles. The van der Waals surface area contributed by atoms with Crippen LogP contribution in [-0.4, -0.2) is 49.2 Å². The SMILES string of the molecule is CCOC(=O)[C@H]1CCCN(C(=O)S(=O)(=O)c2ccc(-c3csc(C)n3)s2)C1. The number of aromatic nitrogens is 1. The lowest BCUT2D eigenvalue weighted by molar-refractivity contribution is -0.149. The number of carbonyl (C=O) groups excluding carboxylic acids is 2. The van der Waals surface area contributed by atoms with Crippen LogP contribution >= 0.6 is 22.7 Å². The van der Waals surface area contributed by atoms with Crippen molar-refractivity contribution in [3.8, 4) is 10.6 Å². The number of piperidine rings is 1. The van der Waals surface area contributed by atoms with E-state index in [0.29, 0.717) is 30.0 Å². The summed E-state index contributed by atoms with van der Waals surface area (Å²) in [5, 5.41) is 1.78. The molecule has 3 rings (SSSR count). The van der Waals surface area contributed by atoms with E-state index in [4.69, 9.17) is 4.74 Å². The van der Waals surface area contributed by atoms with Crippen molar-refractivity contribution in [1.29, 1.82) is 0 Å². The number of carbonyl (C=O) groups is 2. The van der Waals surface area contributed by atoms with Crippen molar-refractivity contribution in [3.05, 3.63) is 22.5 Å². The molecule has 1 atom stereocenters. The summed E-state index contributed by atoms with van der Waals surface area (Å²) in [5.74, 6) is -0.862. The van der Waals surface area contributed by atoms with Gasteiger partial charge in [0.05, 0.1) is 28.1 Å². The highest BCUT2D eigenvalue weighted by atomic mass is 32.2. The third-order valence-corrected chi connectivity index (χ3v) is 8.21. The summed E-state index contributed by atoms with van der Waals surface area (Å²) in [4.78, 5) is 30.9. The molecule has 3 heterocycles. The van der Waals surface area contributed by atoms with E-state index in [9.17, 15) is 18.0 Å². The molecule has 0 bridgehead atoms. The fraction of sp³-hybridized carbons (Fsp3) is 0.471. The van der Waals surface area contributed by atoms with Gasteiger partial charge in [0.15, 0.2) is 0 Å². The number of esters is 1. The average molecular weight is 429 g/mol. The van der Waals surface area contributed by atoms with Crippen LogP contribution in [0.15, 0.2) is 21.7 Å². The first kappa shape index (κ1) is 20.0. The van der Waals surface area contributed by atoms with Gasteiger partial charge < -0.3 is 9.64 Å². The summed E-state index contributed by atoms with van der Waals surface area (Å²) in [7, 11) is -4.15. The maximum absolute atomic E-state index is 12.8. The highest BCUT2D eigenvalue weighted by Crippen LogP contribution is 2.33. The predicted molar refractivity (Wildman–Crippen MR) is 104 cm³/mol. The average Bonchev–Trinajstić information content (AvgIpc) is 3.30. The lowest BCUT2D eigenvalue weighted by Crippen LogP contribution is -2.44. The van der Waals surface area contributed by atoms with Crippen LogP contribution < -0.4 is 0 Å². The highest BCUT2D eigenvalue weighted by molar-refractivity contribution is 8.07. The molecule has 0 spiro atoms. The maximum atomic E-state index is 12.8. The van der Waals surface area contributed by atoms with Crippen molar-refractivity contribution in [2.24, 2.45) is 5.92 Å². The van der Waals surface area contributed by atoms with Crippen molar-refractivity contribution < 1.29 is 22.7 Å². The first-order chi connectivity index (χ1) is 12.8. The topological polar surface area (TPSA) is 93.6 Å². The number of likely N-dealkylation sites (tertiary alicyclic amines) is 1. The Morgan fingerprint density at radius 3 is 2.81 bits per heavy atom. The van der Waals surface area contributed by atoms with Gasteiger partial charge in [0.25, 0.3) is 9.84 Å². The Balaban J connectivity index is 1.77. The molecular formula is C17H20N2O5S3. The Labute approximate surface area is 165 Å². The molecule has 1 fully saturated rings. The van der Waals surface area contributed by atoms with Gasteiger partial charge in [0.2, 0.25) is 0 Å². The molecule has 1 aliphatic heterocycles. The maximum Gasteiger partial charge on any atom is 0.344 e. The van der Waals surface area contributed by atoms with Gasteiger partial charge >= 0.3 is 11.2 Å². The number of nitrogens with zero attached hydrogens (tertiary/aromatic N) is 2. The van der Waals surface area contributed by atoms with E-state index < -0.39 is 21.0 Å². The molecule has 2 aromatic rings. The zero-order valence-electron chi connectivity index (χ0n) is 15.0. The summed E-state index contributed by atoms with van der Waals surface area (Å²) in [5.41, 5.74) is 0.705. The molecule has 0 radical (unpaired) electrons. The number of rotatable bonds is 4. The van der Waals surface area contributed by atoms with E-state index in [1.54, 1.807) is 13.0 Å². The van der Waals surface area contributed by atoms with Crippen molar-refractivity contribution >= 4 is 43.7 Å². The number of thiazole rings is 1. The lowest BCUT2D eigenvalue weighted by atomic mass is 9.99. The van der Waals surface area contributed by atoms with E-state index in [1.165, 1.54) is 22.3 Å². The molecule has 1 amide bonds. The Hall–Kier alpha value is -1.78. The van der Waals surface area contributed by atoms with Gasteiger partial charge in [-0.2, -0.15) is 0 Å². The summed E-state index contributed by atoms with van der Waals surface area (Å²) in [6.07, 6.45) is 1.16. The van der Waals surface area contributed by atoms with E-state index in [1.807, 2.05) is 12.3 Å². The first-order valence-electron chi connectivity index (χ1n) is 8.56. The van der Waals surface area contributed by atoms with Gasteiger partial charge in [-0.25, -0.2) is 13.4 Å². The van der Waals surface area contributed by atoms with Crippen LogP contribution in [-0.2, 0) is 19.4 Å². The van der Waals surface area contributed by atoms with E-state index in [0.717, 1.165) is 16.3 Å². The molecule has 0 N–H and O–H groups in total. The molecular weight excluding hydrogens is 408 g/mol. The zero-order chi connectivity index (χ0) is 19.6. The van der Waals surface area contributed by atoms with Crippen LogP contribution in [0.4, 0.5) is 4.79 Å². The fourth-order valence-corrected chi connectivity index (χ4v) is 6.16. The molecule has 0 saturated carbocycles. The number of ether oxygens (including phenoxy) is 1. The number of sulfone groups is 1. The standard InChI is InChI=1S/C17H20N2O5S3/c1-3-24-16(20)12-5-4-8-19(9-12)17(21)27(22,23)15-7-6-14(26-15)13-10-25-11(2)18-13/h6-7,10,12H,3-5,8-9H2,1-2H3/t12-/m0/s1. The Morgan fingerprint density at radius 2 is 2.15 bits per heavy atom. The molecule has 7 nitrogen and oxygen atoms in total. The largest absolute Gasteiger partial charge is 0.466 e. The second-order valence-electron chi connectivity index (χ2n) is 6.18. The number of thiophene rings is 1. The second kappa shape index (κ2) is 8.07. The van der Waals surface area contributed by atoms with Crippen LogP contribution in [0.5, 0.6) is 0 Å². The Morgan fingerprint density at radius 1 is 1.37 bits per heavy atom. The van der Waals surface area contributed by atoms with Crippen LogP contribution in [0.2, 0.25) is 0 Å². The minimum absolute atomic E-state index is 0.00795. The molecule has 146 valence electrons. The normalized spacial score (nSPS) is 17.7. The van der Waals surface area contributed by atoms with Crippen molar-refractivity contribution in [2.45, 2.75) is 30.9 Å². The Bertz CT molecular complexity index is 947.